The first kappa shape index (κ1) is 11.2. The third kappa shape index (κ3) is 3.06. The van der Waals surface area contributed by atoms with Crippen LogP contribution in [0, 0.1) is 11.3 Å². The molecular formula is C14H24O. The Labute approximate surface area is 93.6 Å². The second kappa shape index (κ2) is 4.67. The summed E-state index contributed by atoms with van der Waals surface area (Å²) >= 11 is 0. The maximum Gasteiger partial charge on any atom is 0.133 e. The van der Waals surface area contributed by atoms with Crippen LogP contribution in [-0.2, 0) is 4.79 Å². The molecule has 0 aliphatic heterocycles. The zero-order chi connectivity index (χ0) is 10.7. The monoisotopic (exact) mass is 208 g/mol. The number of ketones is 1. The Balaban J connectivity index is 1.89. The summed E-state index contributed by atoms with van der Waals surface area (Å²) in [6.07, 6.45) is 12.4. The van der Waals surface area contributed by atoms with Crippen LogP contribution in [0.15, 0.2) is 0 Å². The van der Waals surface area contributed by atoms with Gasteiger partial charge in [-0.05, 0) is 43.4 Å². The Hall–Kier alpha value is -0.330. The first-order valence-corrected chi connectivity index (χ1v) is 6.70. The number of carbonyl (C=O) groups is 1. The Kier molecular flexibility index (Phi) is 3.48. The maximum atomic E-state index is 11.6. The summed E-state index contributed by atoms with van der Waals surface area (Å²) in [7, 11) is 0. The summed E-state index contributed by atoms with van der Waals surface area (Å²) in [5, 5.41) is 0. The smallest absolute Gasteiger partial charge is 0.133 e. The van der Waals surface area contributed by atoms with Gasteiger partial charge in [0.25, 0.3) is 0 Å². The number of carbonyl (C=O) groups excluding carboxylic acids is 1. The largest absolute Gasteiger partial charge is 0.300 e. The third-order valence-corrected chi connectivity index (χ3v) is 4.43. The topological polar surface area (TPSA) is 17.1 Å². The normalized spacial score (nSPS) is 31.5. The summed E-state index contributed by atoms with van der Waals surface area (Å²) in [6, 6.07) is 0. The van der Waals surface area contributed by atoms with E-state index in [0.29, 0.717) is 17.1 Å². The summed E-state index contributed by atoms with van der Waals surface area (Å²) in [5.41, 5.74) is 0.579. The Morgan fingerprint density at radius 3 is 2.67 bits per heavy atom. The zero-order valence-electron chi connectivity index (χ0n) is 10.1. The van der Waals surface area contributed by atoms with Crippen molar-refractivity contribution < 1.29 is 4.79 Å². The molecule has 1 unspecified atom stereocenters. The Morgan fingerprint density at radius 2 is 1.93 bits per heavy atom. The van der Waals surface area contributed by atoms with Gasteiger partial charge in [0.05, 0.1) is 0 Å². The highest BCUT2D eigenvalue weighted by molar-refractivity contribution is 5.78. The van der Waals surface area contributed by atoms with Crippen LogP contribution in [0.2, 0.25) is 0 Å². The Bertz CT molecular complexity index is 225. The standard InChI is InChI=1S/C14H24O/c1-14(8-4-5-9-14)11-12-6-2-3-7-13(15)10-12/h12H,2-11H2,1H3. The molecule has 2 aliphatic rings. The molecule has 0 aromatic rings. The van der Waals surface area contributed by atoms with E-state index in [9.17, 15) is 4.79 Å². The summed E-state index contributed by atoms with van der Waals surface area (Å²) in [5.74, 6) is 1.24. The maximum absolute atomic E-state index is 11.6. The number of Topliss-reactive ketones (excluding diaryl/α,β-unsaturated/α-hetero) is 1. The van der Waals surface area contributed by atoms with Crippen molar-refractivity contribution in [1.82, 2.24) is 0 Å². The van der Waals surface area contributed by atoms with Crippen LogP contribution in [0.25, 0.3) is 0 Å². The van der Waals surface area contributed by atoms with Crippen molar-refractivity contribution >= 4 is 5.78 Å². The van der Waals surface area contributed by atoms with Crippen molar-refractivity contribution in [2.45, 2.75) is 71.1 Å². The van der Waals surface area contributed by atoms with Crippen molar-refractivity contribution in [3.8, 4) is 0 Å². The number of hydrogen-bond donors (Lipinski definition) is 0. The first-order chi connectivity index (χ1) is 7.18. The van der Waals surface area contributed by atoms with Crippen molar-refractivity contribution in [3.63, 3.8) is 0 Å². The van der Waals surface area contributed by atoms with Crippen LogP contribution in [-0.4, -0.2) is 5.78 Å². The van der Waals surface area contributed by atoms with E-state index in [1.165, 1.54) is 44.9 Å². The highest BCUT2D eigenvalue weighted by Crippen LogP contribution is 2.44. The molecule has 2 fully saturated rings. The van der Waals surface area contributed by atoms with Gasteiger partial charge in [0, 0.05) is 12.8 Å². The molecule has 0 aromatic carbocycles. The predicted molar refractivity (Wildman–Crippen MR) is 62.8 cm³/mol. The van der Waals surface area contributed by atoms with E-state index < -0.39 is 0 Å². The van der Waals surface area contributed by atoms with E-state index in [-0.39, 0.29) is 0 Å². The molecule has 2 aliphatic carbocycles. The van der Waals surface area contributed by atoms with Crippen LogP contribution in [0.4, 0.5) is 0 Å². The van der Waals surface area contributed by atoms with Gasteiger partial charge in [-0.3, -0.25) is 4.79 Å². The van der Waals surface area contributed by atoms with Crippen LogP contribution < -0.4 is 0 Å². The van der Waals surface area contributed by atoms with Crippen LogP contribution in [0.1, 0.15) is 71.1 Å². The first-order valence-electron chi connectivity index (χ1n) is 6.70. The highest BCUT2D eigenvalue weighted by Gasteiger charge is 2.32. The number of rotatable bonds is 2. The van der Waals surface area contributed by atoms with Gasteiger partial charge in [0.1, 0.15) is 5.78 Å². The van der Waals surface area contributed by atoms with E-state index in [4.69, 9.17) is 0 Å². The minimum Gasteiger partial charge on any atom is -0.300 e. The lowest BCUT2D eigenvalue weighted by molar-refractivity contribution is -0.119. The van der Waals surface area contributed by atoms with Gasteiger partial charge in [-0.2, -0.15) is 0 Å². The third-order valence-electron chi connectivity index (χ3n) is 4.43. The van der Waals surface area contributed by atoms with Crippen molar-refractivity contribution in [3.05, 3.63) is 0 Å². The van der Waals surface area contributed by atoms with Crippen molar-refractivity contribution in [1.29, 1.82) is 0 Å². The average molecular weight is 208 g/mol. The van der Waals surface area contributed by atoms with E-state index in [2.05, 4.69) is 6.92 Å². The lowest BCUT2D eigenvalue weighted by Crippen LogP contribution is -2.18. The second-order valence-electron chi connectivity index (χ2n) is 6.08. The van der Waals surface area contributed by atoms with E-state index in [0.717, 1.165) is 19.3 Å². The molecule has 0 saturated heterocycles. The van der Waals surface area contributed by atoms with Crippen LogP contribution in [0.3, 0.4) is 0 Å². The number of hydrogen-bond acceptors (Lipinski definition) is 1. The van der Waals surface area contributed by atoms with E-state index >= 15 is 0 Å². The molecule has 0 radical (unpaired) electrons. The minimum absolute atomic E-state index is 0.527. The summed E-state index contributed by atoms with van der Waals surface area (Å²) in [4.78, 5) is 11.6. The van der Waals surface area contributed by atoms with E-state index in [1.807, 2.05) is 0 Å². The molecule has 0 heterocycles. The zero-order valence-corrected chi connectivity index (χ0v) is 10.1. The van der Waals surface area contributed by atoms with Gasteiger partial charge in [-0.25, -0.2) is 0 Å². The molecule has 86 valence electrons. The SMILES string of the molecule is CC1(CC2CCCCC(=O)C2)CCCC1. The predicted octanol–water partition coefficient (Wildman–Crippen LogP) is 4.11. The lowest BCUT2D eigenvalue weighted by Gasteiger charge is -2.28. The van der Waals surface area contributed by atoms with Gasteiger partial charge in [-0.1, -0.05) is 26.2 Å². The van der Waals surface area contributed by atoms with Crippen LogP contribution in [0.5, 0.6) is 0 Å². The summed E-state index contributed by atoms with van der Waals surface area (Å²) < 4.78 is 0. The van der Waals surface area contributed by atoms with Gasteiger partial charge in [0.2, 0.25) is 0 Å². The molecule has 2 saturated carbocycles. The quantitative estimate of drug-likeness (QED) is 0.624. The van der Waals surface area contributed by atoms with Crippen molar-refractivity contribution in [2.75, 3.05) is 0 Å². The molecular weight excluding hydrogens is 184 g/mol. The molecule has 2 rings (SSSR count). The van der Waals surface area contributed by atoms with E-state index in [1.54, 1.807) is 0 Å². The van der Waals surface area contributed by atoms with Gasteiger partial charge < -0.3 is 0 Å². The Morgan fingerprint density at radius 1 is 1.20 bits per heavy atom. The molecule has 0 bridgehead atoms. The fraction of sp³-hybridized carbons (Fsp3) is 0.929. The molecule has 1 nitrogen and oxygen atoms in total. The van der Waals surface area contributed by atoms with Crippen LogP contribution >= 0.6 is 0 Å². The molecule has 0 N–H and O–H groups in total. The van der Waals surface area contributed by atoms with Gasteiger partial charge in [0.15, 0.2) is 0 Å². The second-order valence-corrected chi connectivity index (χ2v) is 6.08. The van der Waals surface area contributed by atoms with Crippen molar-refractivity contribution in [2.24, 2.45) is 11.3 Å². The lowest BCUT2D eigenvalue weighted by atomic mass is 9.77. The fourth-order valence-corrected chi connectivity index (χ4v) is 3.59. The van der Waals surface area contributed by atoms with Gasteiger partial charge >= 0.3 is 0 Å². The van der Waals surface area contributed by atoms with Gasteiger partial charge in [-0.15, -0.1) is 0 Å². The minimum atomic E-state index is 0.527. The molecule has 1 heteroatoms. The highest BCUT2D eigenvalue weighted by atomic mass is 16.1. The molecule has 0 aromatic heterocycles. The molecule has 0 amide bonds. The fourth-order valence-electron chi connectivity index (χ4n) is 3.59. The summed E-state index contributed by atoms with van der Waals surface area (Å²) in [6.45, 7) is 2.44. The molecule has 0 spiro atoms. The molecule has 15 heavy (non-hydrogen) atoms. The molecule has 1 atom stereocenters. The average Bonchev–Trinajstić information content (AvgIpc) is 2.49.